The molecule has 2 heterocycles. The van der Waals surface area contributed by atoms with E-state index >= 15 is 0 Å². The average molecular weight is 513 g/mol. The van der Waals surface area contributed by atoms with Crippen molar-refractivity contribution >= 4 is 39.8 Å². The minimum absolute atomic E-state index is 0. The molecule has 3 unspecified atom stereocenters. The fourth-order valence-electron chi connectivity index (χ4n) is 4.39. The van der Waals surface area contributed by atoms with Crippen molar-refractivity contribution in [1.82, 2.24) is 10.6 Å². The van der Waals surface area contributed by atoms with Crippen molar-refractivity contribution in [3.05, 3.63) is 0 Å². The molecule has 0 bridgehead atoms. The van der Waals surface area contributed by atoms with Gasteiger partial charge in [-0.1, -0.05) is 20.3 Å². The van der Waals surface area contributed by atoms with Crippen LogP contribution in [0.3, 0.4) is 0 Å². The molecule has 158 valence electrons. The zero-order valence-electron chi connectivity index (χ0n) is 16.7. The highest BCUT2D eigenvalue weighted by molar-refractivity contribution is 14.0. The fraction of sp³-hybridized carbons (Fsp3) is 0.947. The molecule has 3 aliphatic rings. The molecule has 3 atom stereocenters. The first-order chi connectivity index (χ1) is 12.3. The summed E-state index contributed by atoms with van der Waals surface area (Å²) >= 11 is 0. The third-order valence-electron chi connectivity index (χ3n) is 5.96. The Morgan fingerprint density at radius 3 is 2.67 bits per heavy atom. The maximum absolute atomic E-state index is 11.7. The van der Waals surface area contributed by atoms with Crippen molar-refractivity contribution in [3.8, 4) is 0 Å². The third kappa shape index (κ3) is 7.68. The Hall–Kier alpha value is -0.0900. The number of halogens is 1. The fourth-order valence-corrected chi connectivity index (χ4v) is 6.24. The van der Waals surface area contributed by atoms with Crippen LogP contribution in [-0.4, -0.2) is 58.2 Å². The number of sulfone groups is 1. The number of hydrogen-bond acceptors (Lipinski definition) is 4. The SMILES string of the molecule is CC1(C)CCCC(NC(=NCC2CCS(=O)(=O)C2)NCC2CCOC2)C1.I. The largest absolute Gasteiger partial charge is 0.381 e. The minimum atomic E-state index is -2.84. The van der Waals surface area contributed by atoms with Gasteiger partial charge in [0.1, 0.15) is 0 Å². The lowest BCUT2D eigenvalue weighted by Crippen LogP contribution is -2.47. The number of nitrogens with zero attached hydrogens (tertiary/aromatic N) is 1. The summed E-state index contributed by atoms with van der Waals surface area (Å²) in [6, 6.07) is 0.442. The van der Waals surface area contributed by atoms with Gasteiger partial charge < -0.3 is 15.4 Å². The van der Waals surface area contributed by atoms with Crippen molar-refractivity contribution in [2.75, 3.05) is 37.8 Å². The number of aliphatic imine (C=N–C) groups is 1. The Balaban J connectivity index is 0.00000261. The molecule has 0 amide bonds. The van der Waals surface area contributed by atoms with Gasteiger partial charge in [0.25, 0.3) is 0 Å². The van der Waals surface area contributed by atoms with E-state index in [1.807, 2.05) is 0 Å². The molecule has 2 N–H and O–H groups in total. The van der Waals surface area contributed by atoms with Gasteiger partial charge in [-0.15, -0.1) is 24.0 Å². The monoisotopic (exact) mass is 513 g/mol. The molecule has 2 aliphatic heterocycles. The number of nitrogens with one attached hydrogen (secondary N) is 2. The van der Waals surface area contributed by atoms with Crippen molar-refractivity contribution in [1.29, 1.82) is 0 Å². The first kappa shape index (κ1) is 23.2. The average Bonchev–Trinajstić information content (AvgIpc) is 3.18. The molecule has 1 aliphatic carbocycles. The maximum Gasteiger partial charge on any atom is 0.191 e. The zero-order chi connectivity index (χ0) is 18.6. The Bertz CT molecular complexity index is 603. The molecule has 6 nitrogen and oxygen atoms in total. The van der Waals surface area contributed by atoms with Gasteiger partial charge in [-0.25, -0.2) is 8.42 Å². The summed E-state index contributed by atoms with van der Waals surface area (Å²) < 4.78 is 28.8. The van der Waals surface area contributed by atoms with Crippen LogP contribution >= 0.6 is 24.0 Å². The van der Waals surface area contributed by atoms with E-state index in [0.717, 1.165) is 45.0 Å². The van der Waals surface area contributed by atoms with E-state index in [2.05, 4.69) is 24.5 Å². The molecule has 0 aromatic carbocycles. The van der Waals surface area contributed by atoms with Gasteiger partial charge in [-0.2, -0.15) is 0 Å². The highest BCUT2D eigenvalue weighted by Gasteiger charge is 2.30. The third-order valence-corrected chi connectivity index (χ3v) is 7.80. The number of hydrogen-bond donors (Lipinski definition) is 2. The van der Waals surface area contributed by atoms with Crippen molar-refractivity contribution in [3.63, 3.8) is 0 Å². The number of rotatable bonds is 5. The van der Waals surface area contributed by atoms with Crippen LogP contribution in [0.1, 0.15) is 52.4 Å². The number of ether oxygens (including phenoxy) is 1. The van der Waals surface area contributed by atoms with E-state index < -0.39 is 9.84 Å². The van der Waals surface area contributed by atoms with Gasteiger partial charge in [-0.05, 0) is 43.4 Å². The van der Waals surface area contributed by atoms with Crippen LogP contribution in [0, 0.1) is 17.3 Å². The summed E-state index contributed by atoms with van der Waals surface area (Å²) in [5.74, 6) is 2.16. The van der Waals surface area contributed by atoms with Crippen LogP contribution in [0.15, 0.2) is 4.99 Å². The summed E-state index contributed by atoms with van der Waals surface area (Å²) in [5, 5.41) is 7.12. The van der Waals surface area contributed by atoms with E-state index in [4.69, 9.17) is 9.73 Å². The Morgan fingerprint density at radius 1 is 1.22 bits per heavy atom. The molecule has 1 saturated carbocycles. The van der Waals surface area contributed by atoms with Crippen LogP contribution in [0.4, 0.5) is 0 Å². The first-order valence-electron chi connectivity index (χ1n) is 10.1. The lowest BCUT2D eigenvalue weighted by molar-refractivity contribution is 0.186. The van der Waals surface area contributed by atoms with E-state index in [-0.39, 0.29) is 35.6 Å². The van der Waals surface area contributed by atoms with Gasteiger partial charge in [0, 0.05) is 31.7 Å². The van der Waals surface area contributed by atoms with Crippen LogP contribution < -0.4 is 10.6 Å². The van der Waals surface area contributed by atoms with Crippen molar-refractivity contribution in [2.45, 2.75) is 58.4 Å². The quantitative estimate of drug-likeness (QED) is 0.336. The zero-order valence-corrected chi connectivity index (χ0v) is 19.9. The molecule has 3 rings (SSSR count). The van der Waals surface area contributed by atoms with Crippen LogP contribution in [0.5, 0.6) is 0 Å². The van der Waals surface area contributed by atoms with Crippen molar-refractivity contribution < 1.29 is 13.2 Å². The summed E-state index contributed by atoms with van der Waals surface area (Å²) in [4.78, 5) is 4.76. The second-order valence-electron chi connectivity index (χ2n) is 9.17. The van der Waals surface area contributed by atoms with Gasteiger partial charge in [0.15, 0.2) is 15.8 Å². The number of guanidine groups is 1. The predicted molar refractivity (Wildman–Crippen MR) is 121 cm³/mol. The Kier molecular flexibility index (Phi) is 8.67. The molecule has 3 fully saturated rings. The van der Waals surface area contributed by atoms with E-state index in [1.165, 1.54) is 19.3 Å². The molecule has 0 spiro atoms. The highest BCUT2D eigenvalue weighted by Crippen LogP contribution is 2.35. The lowest BCUT2D eigenvalue weighted by Gasteiger charge is -2.36. The minimum Gasteiger partial charge on any atom is -0.381 e. The van der Waals surface area contributed by atoms with Gasteiger partial charge >= 0.3 is 0 Å². The normalized spacial score (nSPS) is 32.7. The molecule has 0 aromatic rings. The van der Waals surface area contributed by atoms with Gasteiger partial charge in [0.05, 0.1) is 18.1 Å². The van der Waals surface area contributed by atoms with Crippen LogP contribution in [-0.2, 0) is 14.6 Å². The van der Waals surface area contributed by atoms with Crippen LogP contribution in [0.2, 0.25) is 0 Å². The Morgan fingerprint density at radius 2 is 2.04 bits per heavy atom. The molecular formula is C19H36IN3O3S. The first-order valence-corrected chi connectivity index (χ1v) is 12.0. The van der Waals surface area contributed by atoms with Crippen LogP contribution in [0.25, 0.3) is 0 Å². The Labute approximate surface area is 181 Å². The van der Waals surface area contributed by atoms with E-state index in [9.17, 15) is 8.42 Å². The second-order valence-corrected chi connectivity index (χ2v) is 11.4. The molecular weight excluding hydrogens is 477 g/mol. The summed E-state index contributed by atoms with van der Waals surface area (Å²) in [6.45, 7) is 7.80. The highest BCUT2D eigenvalue weighted by atomic mass is 127. The van der Waals surface area contributed by atoms with E-state index in [0.29, 0.717) is 29.7 Å². The summed E-state index contributed by atoms with van der Waals surface area (Å²) in [7, 11) is -2.84. The van der Waals surface area contributed by atoms with Gasteiger partial charge in [0.2, 0.25) is 0 Å². The topological polar surface area (TPSA) is 79.8 Å². The summed E-state index contributed by atoms with van der Waals surface area (Å²) in [5.41, 5.74) is 0.375. The molecule has 0 aromatic heterocycles. The molecule has 8 heteroatoms. The summed E-state index contributed by atoms with van der Waals surface area (Å²) in [6.07, 6.45) is 6.69. The molecule has 0 radical (unpaired) electrons. The lowest BCUT2D eigenvalue weighted by atomic mass is 9.75. The smallest absolute Gasteiger partial charge is 0.191 e. The molecule has 27 heavy (non-hydrogen) atoms. The standard InChI is InChI=1S/C19H35N3O3S.HI/c1-19(2)7-3-4-17(10-19)22-18(20-11-15-5-8-25-13-15)21-12-16-6-9-26(23,24)14-16;/h15-17H,3-14H2,1-2H3,(H2,20,21,22);1H. The van der Waals surface area contributed by atoms with E-state index in [1.54, 1.807) is 0 Å². The molecule has 2 saturated heterocycles. The second kappa shape index (κ2) is 10.1. The maximum atomic E-state index is 11.7. The predicted octanol–water partition coefficient (Wildman–Crippen LogP) is 2.58. The van der Waals surface area contributed by atoms with Gasteiger partial charge in [-0.3, -0.25) is 4.99 Å². The van der Waals surface area contributed by atoms with Crippen molar-refractivity contribution in [2.24, 2.45) is 22.2 Å².